The molecule has 290 valence electrons. The van der Waals surface area contributed by atoms with Crippen LogP contribution in [0.25, 0.3) is 0 Å². The third kappa shape index (κ3) is 41.7. The van der Waals surface area contributed by atoms with Crippen LogP contribution in [0.4, 0.5) is 0 Å². The molecule has 0 fully saturated rings. The van der Waals surface area contributed by atoms with E-state index in [2.05, 4.69) is 13.8 Å². The quantitative estimate of drug-likeness (QED) is 0.0713. The standard InChI is InChI=1S/C35H72O13/c1-3-5-7-9-11-14-45-33-35(48-34-46-15-12-10-8-6-4-2)47-32-31-44-30-29-43-28-27-42-26-25-41-24-23-40-22-21-39-20-19-38-18-17-37-16-13-36/h35-36H,3-34H2,1-2H3. The summed E-state index contributed by atoms with van der Waals surface area (Å²) in [7, 11) is 0. The number of aliphatic hydroxyl groups excluding tert-OH is 1. The van der Waals surface area contributed by atoms with Gasteiger partial charge in [-0.05, 0) is 12.8 Å². The molecule has 0 saturated carbocycles. The van der Waals surface area contributed by atoms with Crippen molar-refractivity contribution in [3.05, 3.63) is 0 Å². The topological polar surface area (TPSA) is 131 Å². The number of hydrogen-bond acceptors (Lipinski definition) is 13. The van der Waals surface area contributed by atoms with Crippen molar-refractivity contribution in [1.82, 2.24) is 0 Å². The lowest BCUT2D eigenvalue weighted by Crippen LogP contribution is -2.27. The van der Waals surface area contributed by atoms with Crippen molar-refractivity contribution in [2.45, 2.75) is 84.3 Å². The molecule has 0 heterocycles. The van der Waals surface area contributed by atoms with Crippen molar-refractivity contribution < 1.29 is 61.9 Å². The lowest BCUT2D eigenvalue weighted by atomic mass is 10.2. The minimum absolute atomic E-state index is 0.0256. The molecule has 0 bridgehead atoms. The van der Waals surface area contributed by atoms with Gasteiger partial charge in [0.2, 0.25) is 0 Å². The van der Waals surface area contributed by atoms with Crippen LogP contribution < -0.4 is 0 Å². The van der Waals surface area contributed by atoms with E-state index in [1.165, 1.54) is 51.4 Å². The zero-order valence-corrected chi connectivity index (χ0v) is 30.6. The molecule has 0 rings (SSSR count). The normalized spacial score (nSPS) is 12.3. The molecular formula is C35H72O13. The highest BCUT2D eigenvalue weighted by Crippen LogP contribution is 2.05. The smallest absolute Gasteiger partial charge is 0.183 e. The van der Waals surface area contributed by atoms with E-state index in [-0.39, 0.29) is 13.4 Å². The van der Waals surface area contributed by atoms with Crippen LogP contribution in [0.2, 0.25) is 0 Å². The van der Waals surface area contributed by atoms with E-state index < -0.39 is 6.29 Å². The second kappa shape index (κ2) is 44.5. The molecule has 0 aliphatic heterocycles. The van der Waals surface area contributed by atoms with Crippen LogP contribution in [0.15, 0.2) is 0 Å². The summed E-state index contributed by atoms with van der Waals surface area (Å²) in [6.45, 7) is 14.6. The van der Waals surface area contributed by atoms with Crippen molar-refractivity contribution in [1.29, 1.82) is 0 Å². The predicted molar refractivity (Wildman–Crippen MR) is 184 cm³/mol. The second-order valence-electron chi connectivity index (χ2n) is 11.0. The number of ether oxygens (including phenoxy) is 12. The van der Waals surface area contributed by atoms with Crippen LogP contribution in [0.3, 0.4) is 0 Å². The Bertz CT molecular complexity index is 563. The molecule has 0 aliphatic rings. The van der Waals surface area contributed by atoms with Gasteiger partial charge >= 0.3 is 0 Å². The van der Waals surface area contributed by atoms with Gasteiger partial charge in [-0.2, -0.15) is 0 Å². The van der Waals surface area contributed by atoms with Crippen molar-refractivity contribution in [2.75, 3.05) is 146 Å². The highest BCUT2D eigenvalue weighted by Gasteiger charge is 2.10. The van der Waals surface area contributed by atoms with Gasteiger partial charge in [0, 0.05) is 13.2 Å². The third-order valence-corrected chi connectivity index (χ3v) is 6.75. The van der Waals surface area contributed by atoms with Gasteiger partial charge in [-0.1, -0.05) is 65.2 Å². The monoisotopic (exact) mass is 700 g/mol. The third-order valence-electron chi connectivity index (χ3n) is 6.75. The molecule has 13 heteroatoms. The minimum atomic E-state index is -0.471. The fraction of sp³-hybridized carbons (Fsp3) is 1.00. The average molecular weight is 701 g/mol. The number of aliphatic hydroxyl groups is 1. The molecule has 0 aromatic rings. The Morgan fingerprint density at radius 3 is 1.08 bits per heavy atom. The van der Waals surface area contributed by atoms with E-state index in [9.17, 15) is 0 Å². The SMILES string of the molecule is CCCCCCCOCOC(COCCCCCCC)OCCOCCOCCOCCOCCOCCOCCOCCOCCO. The van der Waals surface area contributed by atoms with E-state index in [4.69, 9.17) is 61.9 Å². The Kier molecular flexibility index (Phi) is 44.0. The highest BCUT2D eigenvalue weighted by molar-refractivity contribution is 4.47. The predicted octanol–water partition coefficient (Wildman–Crippen LogP) is 4.40. The molecule has 1 N–H and O–H groups in total. The minimum Gasteiger partial charge on any atom is -0.394 e. The van der Waals surface area contributed by atoms with Gasteiger partial charge < -0.3 is 61.9 Å². The number of rotatable bonds is 44. The summed E-state index contributed by atoms with van der Waals surface area (Å²) in [5.41, 5.74) is 0. The maximum absolute atomic E-state index is 8.60. The van der Waals surface area contributed by atoms with Crippen LogP contribution in [0, 0.1) is 0 Å². The molecule has 0 spiro atoms. The fourth-order valence-electron chi connectivity index (χ4n) is 4.07. The molecule has 48 heavy (non-hydrogen) atoms. The Balaban J connectivity index is 3.54. The van der Waals surface area contributed by atoms with E-state index >= 15 is 0 Å². The van der Waals surface area contributed by atoms with Crippen LogP contribution >= 0.6 is 0 Å². The van der Waals surface area contributed by atoms with Gasteiger partial charge in [0.25, 0.3) is 0 Å². The second-order valence-corrected chi connectivity index (χ2v) is 11.0. The first kappa shape index (κ1) is 47.5. The van der Waals surface area contributed by atoms with Gasteiger partial charge in [-0.3, -0.25) is 0 Å². The molecule has 0 aliphatic carbocycles. The summed E-state index contributed by atoms with van der Waals surface area (Å²) in [6.07, 6.45) is 11.6. The van der Waals surface area contributed by atoms with E-state index in [1.54, 1.807) is 0 Å². The van der Waals surface area contributed by atoms with Crippen molar-refractivity contribution in [3.8, 4) is 0 Å². The summed E-state index contributed by atoms with van der Waals surface area (Å²) in [4.78, 5) is 0. The lowest BCUT2D eigenvalue weighted by Gasteiger charge is -2.19. The molecule has 0 amide bonds. The Hall–Kier alpha value is -0.520. The van der Waals surface area contributed by atoms with Crippen LogP contribution in [0.1, 0.15) is 78.1 Å². The van der Waals surface area contributed by atoms with Gasteiger partial charge in [0.1, 0.15) is 6.79 Å². The fourth-order valence-corrected chi connectivity index (χ4v) is 4.07. The maximum Gasteiger partial charge on any atom is 0.183 e. The first-order valence-electron chi connectivity index (χ1n) is 18.5. The molecular weight excluding hydrogens is 628 g/mol. The van der Waals surface area contributed by atoms with Gasteiger partial charge in [-0.25, -0.2) is 0 Å². The summed E-state index contributed by atoms with van der Waals surface area (Å²) in [5, 5.41) is 8.60. The molecule has 0 aromatic heterocycles. The maximum atomic E-state index is 8.60. The van der Waals surface area contributed by atoms with Crippen LogP contribution in [-0.2, 0) is 56.8 Å². The average Bonchev–Trinajstić information content (AvgIpc) is 3.10. The van der Waals surface area contributed by atoms with Gasteiger partial charge in [-0.15, -0.1) is 0 Å². The molecule has 0 aromatic carbocycles. The van der Waals surface area contributed by atoms with E-state index in [0.717, 1.165) is 12.8 Å². The van der Waals surface area contributed by atoms with E-state index in [1.807, 2.05) is 0 Å². The van der Waals surface area contributed by atoms with Crippen LogP contribution in [0.5, 0.6) is 0 Å². The Labute approximate surface area is 291 Å². The van der Waals surface area contributed by atoms with Crippen molar-refractivity contribution >= 4 is 0 Å². The van der Waals surface area contributed by atoms with Crippen molar-refractivity contribution in [2.24, 2.45) is 0 Å². The first-order chi connectivity index (χ1) is 23.8. The molecule has 13 nitrogen and oxygen atoms in total. The lowest BCUT2D eigenvalue weighted by molar-refractivity contribution is -0.218. The van der Waals surface area contributed by atoms with Crippen molar-refractivity contribution in [3.63, 3.8) is 0 Å². The Morgan fingerprint density at radius 1 is 0.333 bits per heavy atom. The largest absolute Gasteiger partial charge is 0.394 e. The molecule has 0 saturated heterocycles. The number of unbranched alkanes of at least 4 members (excludes halogenated alkanes) is 8. The number of hydrogen-bond donors (Lipinski definition) is 1. The highest BCUT2D eigenvalue weighted by atomic mass is 16.8. The Morgan fingerprint density at radius 2 is 0.688 bits per heavy atom. The molecule has 0 radical (unpaired) electrons. The summed E-state index contributed by atoms with van der Waals surface area (Å²) in [6, 6.07) is 0. The summed E-state index contributed by atoms with van der Waals surface area (Å²) in [5.74, 6) is 0. The molecule has 1 atom stereocenters. The zero-order chi connectivity index (χ0) is 34.7. The van der Waals surface area contributed by atoms with Gasteiger partial charge in [0.15, 0.2) is 6.29 Å². The van der Waals surface area contributed by atoms with Gasteiger partial charge in [0.05, 0.1) is 126 Å². The summed E-state index contributed by atoms with van der Waals surface area (Å²) < 4.78 is 66.6. The zero-order valence-electron chi connectivity index (χ0n) is 30.6. The molecule has 1 unspecified atom stereocenters. The summed E-state index contributed by atoms with van der Waals surface area (Å²) >= 11 is 0. The van der Waals surface area contributed by atoms with E-state index in [0.29, 0.717) is 132 Å². The first-order valence-corrected chi connectivity index (χ1v) is 18.5. The van der Waals surface area contributed by atoms with Crippen LogP contribution in [-0.4, -0.2) is 157 Å².